The van der Waals surface area contributed by atoms with E-state index in [4.69, 9.17) is 4.74 Å². The molecule has 0 spiro atoms. The Morgan fingerprint density at radius 2 is 1.97 bits per heavy atom. The monoisotopic (exact) mass is 506 g/mol. The highest BCUT2D eigenvalue weighted by Crippen LogP contribution is 2.33. The highest BCUT2D eigenvalue weighted by atomic mass is 16.6. The van der Waals surface area contributed by atoms with E-state index in [-0.39, 0.29) is 29.2 Å². The van der Waals surface area contributed by atoms with Gasteiger partial charge in [-0.05, 0) is 44.7 Å². The minimum Gasteiger partial charge on any atom is -0.450 e. The van der Waals surface area contributed by atoms with Crippen molar-refractivity contribution in [3.05, 3.63) is 59.6 Å². The fraction of sp³-hybridized carbons (Fsp3) is 0.423. The van der Waals surface area contributed by atoms with E-state index in [1.807, 2.05) is 10.9 Å². The predicted octanol–water partition coefficient (Wildman–Crippen LogP) is 2.68. The summed E-state index contributed by atoms with van der Waals surface area (Å²) in [7, 11) is 0. The highest BCUT2D eigenvalue weighted by Gasteiger charge is 2.45. The molecule has 1 unspecified atom stereocenters. The summed E-state index contributed by atoms with van der Waals surface area (Å²) in [5, 5.41) is 10.4. The molecular weight excluding hydrogens is 476 g/mol. The lowest BCUT2D eigenvalue weighted by Gasteiger charge is -2.31. The van der Waals surface area contributed by atoms with Gasteiger partial charge in [-0.3, -0.25) is 24.0 Å². The van der Waals surface area contributed by atoms with Gasteiger partial charge < -0.3 is 20.3 Å². The number of amides is 4. The summed E-state index contributed by atoms with van der Waals surface area (Å²) in [6.45, 7) is 7.56. The number of rotatable bonds is 6. The molecule has 3 aliphatic heterocycles. The van der Waals surface area contributed by atoms with Gasteiger partial charge in [0.1, 0.15) is 6.04 Å². The third-order valence-corrected chi connectivity index (χ3v) is 7.08. The number of nitrogens with zero attached hydrogens (tertiary/aromatic N) is 4. The fourth-order valence-electron chi connectivity index (χ4n) is 5.14. The average Bonchev–Trinajstić information content (AvgIpc) is 3.47. The van der Waals surface area contributed by atoms with Gasteiger partial charge in [0.15, 0.2) is 0 Å². The first kappa shape index (κ1) is 24.5. The van der Waals surface area contributed by atoms with Crippen molar-refractivity contribution < 1.29 is 23.9 Å². The third-order valence-electron chi connectivity index (χ3n) is 7.08. The number of likely N-dealkylation sites (tertiary alicyclic amines) is 1. The molecule has 2 fully saturated rings. The molecule has 2 saturated heterocycles. The molecule has 1 atom stereocenters. The Morgan fingerprint density at radius 3 is 2.70 bits per heavy atom. The maximum atomic E-state index is 13.3. The van der Waals surface area contributed by atoms with E-state index in [2.05, 4.69) is 22.3 Å². The Labute approximate surface area is 214 Å². The van der Waals surface area contributed by atoms with Crippen LogP contribution in [0.5, 0.6) is 0 Å². The second-order valence-corrected chi connectivity index (χ2v) is 9.46. The number of hydrogen-bond acceptors (Lipinski definition) is 7. The number of ether oxygens (including phenoxy) is 1. The predicted molar refractivity (Wildman–Crippen MR) is 134 cm³/mol. The van der Waals surface area contributed by atoms with Gasteiger partial charge in [0.2, 0.25) is 5.91 Å². The quantitative estimate of drug-likeness (QED) is 0.577. The normalized spacial score (nSPS) is 20.2. The summed E-state index contributed by atoms with van der Waals surface area (Å²) in [4.78, 5) is 53.6. The molecule has 0 bridgehead atoms. The number of carbonyl (C=O) groups is 4. The lowest BCUT2D eigenvalue weighted by atomic mass is 10.0. The van der Waals surface area contributed by atoms with Gasteiger partial charge >= 0.3 is 6.09 Å². The molecule has 3 aliphatic rings. The number of anilines is 1. The van der Waals surface area contributed by atoms with Crippen LogP contribution in [0.4, 0.5) is 10.5 Å². The number of carbonyl (C=O) groups excluding carboxylic acids is 4. The second kappa shape index (κ2) is 10.1. The second-order valence-electron chi connectivity index (χ2n) is 9.46. The standard InChI is InChI=1S/C26H30N6O5/c1-3-37-26(36)30-11-9-18(10-12-30)31-15-17(14-28-31)13-27-20-6-4-5-19-22(20)25(35)32(24(19)34)21-8-7-16(2)29-23(21)33/h4-6,14-15,18,21,27H,2-3,7-13H2,1H3,(H,29,33). The first-order valence-electron chi connectivity index (χ1n) is 12.6. The Morgan fingerprint density at radius 1 is 1.19 bits per heavy atom. The number of benzene rings is 1. The zero-order chi connectivity index (χ0) is 26.1. The molecule has 0 aliphatic carbocycles. The van der Waals surface area contributed by atoms with E-state index in [1.54, 1.807) is 36.2 Å². The van der Waals surface area contributed by atoms with Crippen LogP contribution >= 0.6 is 0 Å². The maximum absolute atomic E-state index is 13.3. The zero-order valence-electron chi connectivity index (χ0n) is 20.7. The van der Waals surface area contributed by atoms with Gasteiger partial charge in [0, 0.05) is 42.8 Å². The van der Waals surface area contributed by atoms with Crippen LogP contribution in [0.3, 0.4) is 0 Å². The van der Waals surface area contributed by atoms with Crippen molar-refractivity contribution in [2.24, 2.45) is 0 Å². The summed E-state index contributed by atoms with van der Waals surface area (Å²) in [6.07, 6.45) is 5.90. The number of allylic oxidation sites excluding steroid dienone is 1. The van der Waals surface area contributed by atoms with Crippen molar-refractivity contribution in [2.45, 2.75) is 51.2 Å². The lowest BCUT2D eigenvalue weighted by Crippen LogP contribution is -2.51. The fourth-order valence-corrected chi connectivity index (χ4v) is 5.14. The summed E-state index contributed by atoms with van der Waals surface area (Å²) in [6, 6.07) is 4.43. The smallest absolute Gasteiger partial charge is 0.409 e. The zero-order valence-corrected chi connectivity index (χ0v) is 20.7. The molecular formula is C26H30N6O5. The number of nitrogens with one attached hydrogen (secondary N) is 2. The molecule has 1 aromatic carbocycles. The molecule has 5 rings (SSSR count). The van der Waals surface area contributed by atoms with Crippen LogP contribution in [0, 0.1) is 0 Å². The summed E-state index contributed by atoms with van der Waals surface area (Å²) < 4.78 is 7.00. The molecule has 4 heterocycles. The first-order chi connectivity index (χ1) is 17.9. The van der Waals surface area contributed by atoms with Crippen molar-refractivity contribution in [1.29, 1.82) is 0 Å². The van der Waals surface area contributed by atoms with E-state index in [0.29, 0.717) is 50.5 Å². The minimum atomic E-state index is -0.848. The van der Waals surface area contributed by atoms with E-state index in [0.717, 1.165) is 23.3 Å². The van der Waals surface area contributed by atoms with Gasteiger partial charge in [0.25, 0.3) is 11.8 Å². The van der Waals surface area contributed by atoms with E-state index in [1.165, 1.54) is 0 Å². The number of aromatic nitrogens is 2. The van der Waals surface area contributed by atoms with E-state index < -0.39 is 17.9 Å². The van der Waals surface area contributed by atoms with Crippen LogP contribution in [0.1, 0.15) is 64.9 Å². The first-order valence-corrected chi connectivity index (χ1v) is 12.6. The van der Waals surface area contributed by atoms with Gasteiger partial charge in [-0.15, -0.1) is 0 Å². The van der Waals surface area contributed by atoms with Crippen molar-refractivity contribution in [2.75, 3.05) is 25.0 Å². The maximum Gasteiger partial charge on any atom is 0.409 e. The van der Waals surface area contributed by atoms with E-state index in [9.17, 15) is 19.2 Å². The Hall–Kier alpha value is -4.15. The van der Waals surface area contributed by atoms with Crippen LogP contribution in [0.15, 0.2) is 42.9 Å². The van der Waals surface area contributed by atoms with Crippen molar-refractivity contribution in [3.8, 4) is 0 Å². The van der Waals surface area contributed by atoms with Gasteiger partial charge in [-0.2, -0.15) is 5.10 Å². The molecule has 4 amide bonds. The van der Waals surface area contributed by atoms with E-state index >= 15 is 0 Å². The Kier molecular flexibility index (Phi) is 6.68. The van der Waals surface area contributed by atoms with Crippen molar-refractivity contribution in [1.82, 2.24) is 24.9 Å². The van der Waals surface area contributed by atoms with Crippen molar-refractivity contribution >= 4 is 29.5 Å². The minimum absolute atomic E-state index is 0.186. The molecule has 1 aromatic heterocycles. The van der Waals surface area contributed by atoms with Crippen molar-refractivity contribution in [3.63, 3.8) is 0 Å². The molecule has 11 nitrogen and oxygen atoms in total. The summed E-state index contributed by atoms with van der Waals surface area (Å²) in [5.74, 6) is -1.32. The van der Waals surface area contributed by atoms with Crippen LogP contribution in [0.2, 0.25) is 0 Å². The highest BCUT2D eigenvalue weighted by molar-refractivity contribution is 6.25. The number of hydrogen-bond donors (Lipinski definition) is 2. The largest absolute Gasteiger partial charge is 0.450 e. The number of imide groups is 1. The number of fused-ring (bicyclic) bond motifs is 1. The van der Waals surface area contributed by atoms with Gasteiger partial charge in [-0.25, -0.2) is 4.79 Å². The molecule has 0 saturated carbocycles. The number of piperidine rings is 2. The average molecular weight is 507 g/mol. The van der Waals surface area contributed by atoms with Crippen LogP contribution in [0.25, 0.3) is 0 Å². The lowest BCUT2D eigenvalue weighted by molar-refractivity contribution is -0.125. The molecule has 0 radical (unpaired) electrons. The Balaban J connectivity index is 1.24. The molecule has 37 heavy (non-hydrogen) atoms. The van der Waals surface area contributed by atoms with Crippen LogP contribution in [-0.4, -0.2) is 69.1 Å². The summed E-state index contributed by atoms with van der Waals surface area (Å²) >= 11 is 0. The molecule has 2 aromatic rings. The molecule has 194 valence electrons. The Bertz CT molecular complexity index is 1260. The topological polar surface area (TPSA) is 126 Å². The molecule has 2 N–H and O–H groups in total. The SMILES string of the molecule is C=C1CCC(N2C(=O)c3cccc(NCc4cnn(C5CCN(C(=O)OCC)CC5)c4)c3C2=O)C(=O)N1. The van der Waals surface area contributed by atoms with Gasteiger partial charge in [0.05, 0.1) is 30.0 Å². The molecule has 11 heteroatoms. The van der Waals surface area contributed by atoms with Crippen LogP contribution < -0.4 is 10.6 Å². The third kappa shape index (κ3) is 4.68. The van der Waals surface area contributed by atoms with Crippen LogP contribution in [-0.2, 0) is 16.1 Å². The van der Waals surface area contributed by atoms with Gasteiger partial charge in [-0.1, -0.05) is 12.6 Å². The summed E-state index contributed by atoms with van der Waals surface area (Å²) in [5.41, 5.74) is 2.61.